The molecule has 2 unspecified atom stereocenters. The highest BCUT2D eigenvalue weighted by atomic mass is 32.2. The van der Waals surface area contributed by atoms with Gasteiger partial charge in [0.05, 0.1) is 0 Å². The minimum atomic E-state index is 0.753. The smallest absolute Gasteiger partial charge is 0.0119 e. The van der Waals surface area contributed by atoms with Gasteiger partial charge in [-0.15, -0.1) is 6.58 Å². The third kappa shape index (κ3) is 4.60. The summed E-state index contributed by atoms with van der Waals surface area (Å²) in [5, 5.41) is 3.72. The molecule has 1 rings (SSSR count). The maximum Gasteiger partial charge on any atom is 0.0119 e. The van der Waals surface area contributed by atoms with Crippen LogP contribution in [0.5, 0.6) is 0 Å². The predicted octanol–water partition coefficient (Wildman–Crippen LogP) is 3.32. The summed E-state index contributed by atoms with van der Waals surface area (Å²) in [7, 11) is 0. The molecule has 1 saturated carbocycles. The Morgan fingerprint density at radius 2 is 2.00 bits per heavy atom. The summed E-state index contributed by atoms with van der Waals surface area (Å²) in [4.78, 5) is 0. The average Bonchev–Trinajstić information content (AvgIpc) is 2.21. The molecule has 88 valence electrons. The molecule has 1 aliphatic rings. The van der Waals surface area contributed by atoms with Crippen LogP contribution in [0.2, 0.25) is 0 Å². The molecule has 1 N–H and O–H groups in total. The lowest BCUT2D eigenvalue weighted by atomic mass is 9.79. The van der Waals surface area contributed by atoms with Crippen molar-refractivity contribution in [1.29, 1.82) is 0 Å². The molecule has 2 atom stereocenters. The van der Waals surface area contributed by atoms with Gasteiger partial charge in [-0.1, -0.05) is 26.3 Å². The average molecular weight is 227 g/mol. The van der Waals surface area contributed by atoms with Crippen LogP contribution in [0, 0.1) is 11.8 Å². The van der Waals surface area contributed by atoms with Crippen LogP contribution in [0.3, 0.4) is 0 Å². The number of hydrogen-bond donors (Lipinski definition) is 1. The van der Waals surface area contributed by atoms with Crippen LogP contribution in [-0.2, 0) is 0 Å². The third-order valence-corrected chi connectivity index (χ3v) is 4.37. The zero-order valence-electron chi connectivity index (χ0n) is 10.2. The standard InChI is InChI=1S/C13H25NS/c1-4-9-15-10-8-14-13-11(2)6-5-7-12(13)3/h4,11-14H,1,5-10H2,2-3H3. The van der Waals surface area contributed by atoms with Gasteiger partial charge in [0, 0.05) is 24.1 Å². The van der Waals surface area contributed by atoms with E-state index in [-0.39, 0.29) is 0 Å². The van der Waals surface area contributed by atoms with Crippen molar-refractivity contribution in [2.24, 2.45) is 11.8 Å². The van der Waals surface area contributed by atoms with Crippen LogP contribution in [0.4, 0.5) is 0 Å². The Labute approximate surface area is 99.1 Å². The Kier molecular flexibility index (Phi) is 6.42. The first kappa shape index (κ1) is 13.1. The largest absolute Gasteiger partial charge is 0.313 e. The van der Waals surface area contributed by atoms with Gasteiger partial charge in [0.1, 0.15) is 0 Å². The first-order chi connectivity index (χ1) is 7.25. The van der Waals surface area contributed by atoms with Crippen molar-refractivity contribution < 1.29 is 0 Å². The van der Waals surface area contributed by atoms with Crippen molar-refractivity contribution in [2.45, 2.75) is 39.2 Å². The Bertz CT molecular complexity index is 171. The highest BCUT2D eigenvalue weighted by Crippen LogP contribution is 2.28. The molecule has 0 saturated heterocycles. The quantitative estimate of drug-likeness (QED) is 0.552. The Morgan fingerprint density at radius 3 is 2.60 bits per heavy atom. The van der Waals surface area contributed by atoms with Gasteiger partial charge < -0.3 is 5.32 Å². The maximum atomic E-state index is 3.73. The molecule has 1 aliphatic carbocycles. The van der Waals surface area contributed by atoms with E-state index in [1.54, 1.807) is 0 Å². The summed E-state index contributed by atoms with van der Waals surface area (Å²) < 4.78 is 0. The molecule has 0 heterocycles. The summed E-state index contributed by atoms with van der Waals surface area (Å²) in [6.07, 6.45) is 6.21. The van der Waals surface area contributed by atoms with E-state index < -0.39 is 0 Å². The van der Waals surface area contributed by atoms with Crippen molar-refractivity contribution >= 4 is 11.8 Å². The van der Waals surface area contributed by atoms with Gasteiger partial charge in [-0.3, -0.25) is 0 Å². The lowest BCUT2D eigenvalue weighted by Crippen LogP contribution is -2.43. The van der Waals surface area contributed by atoms with Gasteiger partial charge in [-0.25, -0.2) is 0 Å². The third-order valence-electron chi connectivity index (χ3n) is 3.41. The lowest BCUT2D eigenvalue weighted by molar-refractivity contribution is 0.212. The van der Waals surface area contributed by atoms with E-state index in [1.807, 2.05) is 17.8 Å². The molecule has 1 fully saturated rings. The van der Waals surface area contributed by atoms with E-state index in [0.717, 1.165) is 30.2 Å². The Balaban J connectivity index is 2.14. The highest BCUT2D eigenvalue weighted by Gasteiger charge is 2.26. The maximum absolute atomic E-state index is 3.73. The molecule has 0 aliphatic heterocycles. The highest BCUT2D eigenvalue weighted by molar-refractivity contribution is 7.99. The van der Waals surface area contributed by atoms with E-state index in [9.17, 15) is 0 Å². The van der Waals surface area contributed by atoms with Crippen LogP contribution in [0.1, 0.15) is 33.1 Å². The molecular formula is C13H25NS. The van der Waals surface area contributed by atoms with Gasteiger partial charge in [0.2, 0.25) is 0 Å². The Hall–Kier alpha value is 0.0500. The van der Waals surface area contributed by atoms with Gasteiger partial charge in [-0.05, 0) is 24.7 Å². The second kappa shape index (κ2) is 7.34. The molecule has 1 nitrogen and oxygen atoms in total. The van der Waals surface area contributed by atoms with Gasteiger partial charge in [0.15, 0.2) is 0 Å². The number of thioether (sulfide) groups is 1. The molecule has 0 aromatic heterocycles. The van der Waals surface area contributed by atoms with Crippen LogP contribution in [0.25, 0.3) is 0 Å². The number of hydrogen-bond acceptors (Lipinski definition) is 2. The second-order valence-electron chi connectivity index (χ2n) is 4.73. The van der Waals surface area contributed by atoms with Crippen molar-refractivity contribution in [1.82, 2.24) is 5.32 Å². The summed E-state index contributed by atoms with van der Waals surface area (Å²) in [5.41, 5.74) is 0. The predicted molar refractivity (Wildman–Crippen MR) is 71.5 cm³/mol. The summed E-state index contributed by atoms with van der Waals surface area (Å²) in [6, 6.07) is 0.753. The number of rotatable bonds is 6. The molecule has 15 heavy (non-hydrogen) atoms. The zero-order chi connectivity index (χ0) is 11.1. The summed E-state index contributed by atoms with van der Waals surface area (Å²) >= 11 is 1.96. The molecule has 0 amide bonds. The molecular weight excluding hydrogens is 202 g/mol. The summed E-state index contributed by atoms with van der Waals surface area (Å²) in [5.74, 6) is 4.01. The van der Waals surface area contributed by atoms with Gasteiger partial charge in [0.25, 0.3) is 0 Å². The lowest BCUT2D eigenvalue weighted by Gasteiger charge is -2.35. The first-order valence-corrected chi connectivity index (χ1v) is 7.33. The first-order valence-electron chi connectivity index (χ1n) is 6.17. The molecule has 0 radical (unpaired) electrons. The van der Waals surface area contributed by atoms with Crippen LogP contribution >= 0.6 is 11.8 Å². The van der Waals surface area contributed by atoms with Crippen molar-refractivity contribution in [2.75, 3.05) is 18.1 Å². The molecule has 0 bridgehead atoms. The topological polar surface area (TPSA) is 12.0 Å². The summed E-state index contributed by atoms with van der Waals surface area (Å²) in [6.45, 7) is 9.67. The second-order valence-corrected chi connectivity index (χ2v) is 5.88. The van der Waals surface area contributed by atoms with Crippen molar-refractivity contribution in [3.8, 4) is 0 Å². The van der Waals surface area contributed by atoms with E-state index in [4.69, 9.17) is 0 Å². The minimum Gasteiger partial charge on any atom is -0.313 e. The Morgan fingerprint density at radius 1 is 1.33 bits per heavy atom. The van der Waals surface area contributed by atoms with Crippen molar-refractivity contribution in [3.63, 3.8) is 0 Å². The normalized spacial score (nSPS) is 31.5. The molecule has 0 aromatic rings. The van der Waals surface area contributed by atoms with E-state index >= 15 is 0 Å². The monoisotopic (exact) mass is 227 g/mol. The fourth-order valence-corrected chi connectivity index (χ4v) is 3.14. The van der Waals surface area contributed by atoms with Crippen molar-refractivity contribution in [3.05, 3.63) is 12.7 Å². The molecule has 0 aromatic carbocycles. The SMILES string of the molecule is C=CCSCCNC1C(C)CCCC1C. The van der Waals surface area contributed by atoms with Gasteiger partial charge in [-0.2, -0.15) is 11.8 Å². The van der Waals surface area contributed by atoms with Crippen LogP contribution in [0.15, 0.2) is 12.7 Å². The molecule has 0 spiro atoms. The van der Waals surface area contributed by atoms with E-state index in [0.29, 0.717) is 0 Å². The number of nitrogens with one attached hydrogen (secondary N) is 1. The van der Waals surface area contributed by atoms with E-state index in [1.165, 1.54) is 25.0 Å². The minimum absolute atomic E-state index is 0.753. The van der Waals surface area contributed by atoms with Gasteiger partial charge >= 0.3 is 0 Å². The van der Waals surface area contributed by atoms with E-state index in [2.05, 4.69) is 25.7 Å². The van der Waals surface area contributed by atoms with Crippen LogP contribution in [-0.4, -0.2) is 24.1 Å². The van der Waals surface area contributed by atoms with Crippen LogP contribution < -0.4 is 5.32 Å². The fraction of sp³-hybridized carbons (Fsp3) is 0.846. The molecule has 2 heteroatoms. The zero-order valence-corrected chi connectivity index (χ0v) is 11.0. The fourth-order valence-electron chi connectivity index (χ4n) is 2.55.